The highest BCUT2D eigenvalue weighted by atomic mass is 19.1. The number of benzene rings is 1. The van der Waals surface area contributed by atoms with Gasteiger partial charge in [0.25, 0.3) is 0 Å². The molecule has 1 aromatic rings. The van der Waals surface area contributed by atoms with E-state index < -0.39 is 0 Å². The van der Waals surface area contributed by atoms with E-state index in [1.165, 1.54) is 6.07 Å². The van der Waals surface area contributed by atoms with Gasteiger partial charge >= 0.3 is 0 Å². The van der Waals surface area contributed by atoms with Crippen molar-refractivity contribution in [3.05, 3.63) is 29.6 Å². The second-order valence-corrected chi connectivity index (χ2v) is 5.64. The highest BCUT2D eigenvalue weighted by Gasteiger charge is 2.23. The van der Waals surface area contributed by atoms with Gasteiger partial charge in [0.2, 0.25) is 0 Å². The Labute approximate surface area is 115 Å². The predicted octanol–water partition coefficient (Wildman–Crippen LogP) is 2.38. The first-order valence-electron chi connectivity index (χ1n) is 6.95. The second-order valence-electron chi connectivity index (χ2n) is 5.64. The number of nitrogens with two attached hydrogens (primary N) is 1. The smallest absolute Gasteiger partial charge is 0.123 e. The average molecular weight is 265 g/mol. The lowest BCUT2D eigenvalue weighted by Gasteiger charge is -2.37. The van der Waals surface area contributed by atoms with Gasteiger partial charge in [-0.15, -0.1) is 0 Å². The van der Waals surface area contributed by atoms with Crippen LogP contribution in [0.15, 0.2) is 18.2 Å². The molecular weight excluding hydrogens is 241 g/mol. The number of anilines is 1. The molecule has 106 valence electrons. The Hall–Kier alpha value is -1.13. The molecule has 19 heavy (non-hydrogen) atoms. The van der Waals surface area contributed by atoms with Crippen molar-refractivity contribution in [2.75, 3.05) is 32.1 Å². The van der Waals surface area contributed by atoms with Crippen LogP contribution in [0.1, 0.15) is 31.4 Å². The summed E-state index contributed by atoms with van der Waals surface area (Å²) < 4.78 is 13.4. The summed E-state index contributed by atoms with van der Waals surface area (Å²) in [6, 6.07) is 5.29. The summed E-state index contributed by atoms with van der Waals surface area (Å²) in [7, 11) is 4.25. The van der Waals surface area contributed by atoms with Gasteiger partial charge in [0.1, 0.15) is 5.82 Å². The van der Waals surface area contributed by atoms with Crippen molar-refractivity contribution in [2.45, 2.75) is 31.8 Å². The van der Waals surface area contributed by atoms with Crippen molar-refractivity contribution in [1.82, 2.24) is 4.90 Å². The molecule has 0 spiro atoms. The monoisotopic (exact) mass is 265 g/mol. The summed E-state index contributed by atoms with van der Waals surface area (Å²) in [5.41, 5.74) is 7.92. The van der Waals surface area contributed by atoms with Crippen molar-refractivity contribution in [3.8, 4) is 0 Å². The summed E-state index contributed by atoms with van der Waals surface area (Å²) in [6.07, 6.45) is 2.28. The second kappa shape index (κ2) is 5.88. The van der Waals surface area contributed by atoms with Crippen LogP contribution >= 0.6 is 0 Å². The lowest BCUT2D eigenvalue weighted by atomic mass is 10.00. The molecule has 1 atom stereocenters. The molecule has 0 aromatic heterocycles. The molecule has 0 amide bonds. The normalized spacial score (nSPS) is 19.4. The third kappa shape index (κ3) is 3.25. The molecule has 0 aliphatic carbocycles. The van der Waals surface area contributed by atoms with Gasteiger partial charge < -0.3 is 15.5 Å². The summed E-state index contributed by atoms with van der Waals surface area (Å²) in [5.74, 6) is -0.215. The standard InChI is InChI=1S/C15H24FN3/c1-11(17)14-10-12(16)4-5-15(14)19(3)13-6-8-18(2)9-7-13/h4-5,10-11,13H,6-9,17H2,1-3H3/t11-/m1/s1. The van der Waals surface area contributed by atoms with Crippen LogP contribution in [0.4, 0.5) is 10.1 Å². The van der Waals surface area contributed by atoms with Crippen LogP contribution in [0.2, 0.25) is 0 Å². The SMILES string of the molecule is C[C@@H](N)c1cc(F)ccc1N(C)C1CCN(C)CC1. The average Bonchev–Trinajstić information content (AvgIpc) is 2.38. The largest absolute Gasteiger partial charge is 0.371 e. The molecule has 1 saturated heterocycles. The highest BCUT2D eigenvalue weighted by molar-refractivity contribution is 5.55. The first kappa shape index (κ1) is 14.3. The maximum atomic E-state index is 13.4. The van der Waals surface area contributed by atoms with Crippen molar-refractivity contribution >= 4 is 5.69 Å². The molecule has 0 saturated carbocycles. The Kier molecular flexibility index (Phi) is 4.42. The molecule has 2 N–H and O–H groups in total. The number of hydrogen-bond acceptors (Lipinski definition) is 3. The molecular formula is C15H24FN3. The molecule has 0 radical (unpaired) electrons. The molecule has 0 bridgehead atoms. The van der Waals surface area contributed by atoms with Crippen LogP contribution in [0, 0.1) is 5.82 Å². The molecule has 1 aromatic carbocycles. The van der Waals surface area contributed by atoms with E-state index in [2.05, 4.69) is 23.9 Å². The fourth-order valence-corrected chi connectivity index (χ4v) is 2.79. The third-order valence-corrected chi connectivity index (χ3v) is 4.10. The highest BCUT2D eigenvalue weighted by Crippen LogP contribution is 2.29. The van der Waals surface area contributed by atoms with E-state index in [1.54, 1.807) is 6.07 Å². The quantitative estimate of drug-likeness (QED) is 0.910. The first-order valence-corrected chi connectivity index (χ1v) is 6.95. The van der Waals surface area contributed by atoms with Gasteiger partial charge in [0.05, 0.1) is 0 Å². The maximum absolute atomic E-state index is 13.4. The van der Waals surface area contributed by atoms with Gasteiger partial charge in [0, 0.05) is 24.8 Å². The van der Waals surface area contributed by atoms with Gasteiger partial charge in [0.15, 0.2) is 0 Å². The van der Waals surface area contributed by atoms with E-state index >= 15 is 0 Å². The van der Waals surface area contributed by atoms with Gasteiger partial charge in [-0.3, -0.25) is 0 Å². The number of halogens is 1. The Morgan fingerprint density at radius 3 is 2.58 bits per heavy atom. The fourth-order valence-electron chi connectivity index (χ4n) is 2.79. The minimum absolute atomic E-state index is 0.153. The molecule has 1 fully saturated rings. The van der Waals surface area contributed by atoms with E-state index in [4.69, 9.17) is 5.73 Å². The van der Waals surface area contributed by atoms with Gasteiger partial charge in [-0.1, -0.05) is 0 Å². The Balaban J connectivity index is 2.21. The summed E-state index contributed by atoms with van der Waals surface area (Å²) >= 11 is 0. The molecule has 1 heterocycles. The fraction of sp³-hybridized carbons (Fsp3) is 0.600. The molecule has 1 aliphatic heterocycles. The number of piperidine rings is 1. The first-order chi connectivity index (χ1) is 8.99. The summed E-state index contributed by atoms with van der Waals surface area (Å²) in [4.78, 5) is 4.62. The Bertz CT molecular complexity index is 425. The van der Waals surface area contributed by atoms with Crippen LogP contribution in [0.25, 0.3) is 0 Å². The van der Waals surface area contributed by atoms with Crippen molar-refractivity contribution in [2.24, 2.45) is 5.73 Å². The minimum atomic E-state index is -0.215. The Morgan fingerprint density at radius 1 is 1.37 bits per heavy atom. The minimum Gasteiger partial charge on any atom is -0.371 e. The maximum Gasteiger partial charge on any atom is 0.123 e. The van der Waals surface area contributed by atoms with Gasteiger partial charge in [-0.25, -0.2) is 4.39 Å². The molecule has 3 nitrogen and oxygen atoms in total. The van der Waals surface area contributed by atoms with Crippen molar-refractivity contribution in [1.29, 1.82) is 0 Å². The Morgan fingerprint density at radius 2 is 2.00 bits per heavy atom. The zero-order chi connectivity index (χ0) is 14.0. The predicted molar refractivity (Wildman–Crippen MR) is 77.9 cm³/mol. The third-order valence-electron chi connectivity index (χ3n) is 4.10. The number of rotatable bonds is 3. The van der Waals surface area contributed by atoms with E-state index in [0.717, 1.165) is 37.2 Å². The van der Waals surface area contributed by atoms with Gasteiger partial charge in [-0.05, 0) is 63.7 Å². The van der Waals surface area contributed by atoms with Crippen LogP contribution in [-0.4, -0.2) is 38.1 Å². The number of likely N-dealkylation sites (tertiary alicyclic amines) is 1. The zero-order valence-electron chi connectivity index (χ0n) is 12.1. The topological polar surface area (TPSA) is 32.5 Å². The lowest BCUT2D eigenvalue weighted by Crippen LogP contribution is -2.42. The molecule has 4 heteroatoms. The van der Waals surface area contributed by atoms with Crippen LogP contribution in [0.3, 0.4) is 0 Å². The van der Waals surface area contributed by atoms with Crippen LogP contribution < -0.4 is 10.6 Å². The van der Waals surface area contributed by atoms with Crippen LogP contribution in [-0.2, 0) is 0 Å². The zero-order valence-corrected chi connectivity index (χ0v) is 12.1. The summed E-state index contributed by atoms with van der Waals surface area (Å²) in [6.45, 7) is 4.13. The van der Waals surface area contributed by atoms with E-state index in [0.29, 0.717) is 6.04 Å². The van der Waals surface area contributed by atoms with E-state index in [-0.39, 0.29) is 11.9 Å². The van der Waals surface area contributed by atoms with E-state index in [9.17, 15) is 4.39 Å². The van der Waals surface area contributed by atoms with Crippen LogP contribution in [0.5, 0.6) is 0 Å². The number of hydrogen-bond donors (Lipinski definition) is 1. The van der Waals surface area contributed by atoms with Gasteiger partial charge in [-0.2, -0.15) is 0 Å². The molecule has 2 rings (SSSR count). The van der Waals surface area contributed by atoms with E-state index in [1.807, 2.05) is 13.0 Å². The molecule has 0 unspecified atom stereocenters. The number of nitrogens with zero attached hydrogens (tertiary/aromatic N) is 2. The lowest BCUT2D eigenvalue weighted by molar-refractivity contribution is 0.252. The summed E-state index contributed by atoms with van der Waals surface area (Å²) in [5, 5.41) is 0. The molecule has 1 aliphatic rings. The van der Waals surface area contributed by atoms with Crippen molar-refractivity contribution in [3.63, 3.8) is 0 Å². The van der Waals surface area contributed by atoms with Crippen molar-refractivity contribution < 1.29 is 4.39 Å².